The molecular formula is C4H9OS2. The quantitative estimate of drug-likeness (QED) is 0.549. The van der Waals surface area contributed by atoms with Crippen LogP contribution in [-0.2, 0) is 5.11 Å². The van der Waals surface area contributed by atoms with Gasteiger partial charge in [0.25, 0.3) is 0 Å². The molecule has 0 saturated heterocycles. The number of rotatable bonds is 3. The molecule has 0 aliphatic heterocycles. The first-order valence-electron chi connectivity index (χ1n) is 1.98. The lowest BCUT2D eigenvalue weighted by molar-refractivity contribution is 0.210. The maximum atomic E-state index is 10.1. The van der Waals surface area contributed by atoms with Gasteiger partial charge in [-0.3, -0.25) is 0 Å². The van der Waals surface area contributed by atoms with Crippen LogP contribution in [0, 0.1) is 0 Å². The highest BCUT2D eigenvalue weighted by Gasteiger charge is 1.99. The van der Waals surface area contributed by atoms with Crippen LogP contribution in [0.3, 0.4) is 0 Å². The first kappa shape index (κ1) is 7.66. The molecule has 0 saturated carbocycles. The Morgan fingerprint density at radius 3 is 1.86 bits per heavy atom. The summed E-state index contributed by atoms with van der Waals surface area (Å²) in [6.45, 7) is 0.0301. The van der Waals surface area contributed by atoms with Gasteiger partial charge in [-0.25, -0.2) is 5.11 Å². The second-order valence-electron chi connectivity index (χ2n) is 1.07. The van der Waals surface area contributed by atoms with Crippen molar-refractivity contribution in [2.45, 2.75) is 4.58 Å². The van der Waals surface area contributed by atoms with Crippen LogP contribution >= 0.6 is 23.5 Å². The molecule has 0 aromatic carbocycles. The van der Waals surface area contributed by atoms with Crippen LogP contribution in [-0.4, -0.2) is 23.7 Å². The molecule has 1 radical (unpaired) electrons. The molecule has 0 aliphatic rings. The molecule has 3 heteroatoms. The van der Waals surface area contributed by atoms with Crippen LogP contribution < -0.4 is 0 Å². The summed E-state index contributed by atoms with van der Waals surface area (Å²) in [5.41, 5.74) is 0. The Morgan fingerprint density at radius 2 is 1.86 bits per heavy atom. The molecule has 0 fully saturated rings. The zero-order valence-electron chi connectivity index (χ0n) is 4.51. The van der Waals surface area contributed by atoms with E-state index in [0.29, 0.717) is 0 Å². The van der Waals surface area contributed by atoms with Crippen molar-refractivity contribution in [1.29, 1.82) is 0 Å². The van der Waals surface area contributed by atoms with E-state index in [1.165, 1.54) is 0 Å². The molecule has 7 heavy (non-hydrogen) atoms. The second-order valence-corrected chi connectivity index (χ2v) is 3.45. The fraction of sp³-hybridized carbons (Fsp3) is 1.00. The van der Waals surface area contributed by atoms with Crippen LogP contribution in [0.5, 0.6) is 0 Å². The van der Waals surface area contributed by atoms with Crippen molar-refractivity contribution < 1.29 is 5.11 Å². The number of hydrogen-bond acceptors (Lipinski definition) is 2. The van der Waals surface area contributed by atoms with Gasteiger partial charge in [-0.2, -0.15) is 0 Å². The lowest BCUT2D eigenvalue weighted by atomic mass is 10.9. The molecule has 0 aliphatic carbocycles. The van der Waals surface area contributed by atoms with Gasteiger partial charge in [0.1, 0.15) is 6.61 Å². The van der Waals surface area contributed by atoms with E-state index in [2.05, 4.69) is 0 Å². The highest BCUT2D eigenvalue weighted by atomic mass is 32.2. The molecule has 1 nitrogen and oxygen atoms in total. The Bertz CT molecular complexity index is 31.2. The zero-order valence-corrected chi connectivity index (χ0v) is 6.14. The fourth-order valence-corrected chi connectivity index (χ4v) is 1.27. The molecule has 0 bridgehead atoms. The summed E-state index contributed by atoms with van der Waals surface area (Å²) in [5, 5.41) is 10.1. The number of hydrogen-bond donors (Lipinski definition) is 0. The fourth-order valence-electron chi connectivity index (χ4n) is 0.232. The summed E-state index contributed by atoms with van der Waals surface area (Å²) in [6, 6.07) is 0. The zero-order chi connectivity index (χ0) is 5.70. The molecule has 0 rings (SSSR count). The Labute approximate surface area is 52.9 Å². The van der Waals surface area contributed by atoms with Crippen molar-refractivity contribution in [3.05, 3.63) is 0 Å². The summed E-state index contributed by atoms with van der Waals surface area (Å²) in [4.78, 5) is 0. The summed E-state index contributed by atoms with van der Waals surface area (Å²) >= 11 is 3.24. The van der Waals surface area contributed by atoms with Crippen molar-refractivity contribution in [3.8, 4) is 0 Å². The average molecular weight is 137 g/mol. The maximum Gasteiger partial charge on any atom is 0.103 e. The van der Waals surface area contributed by atoms with Gasteiger partial charge in [-0.05, 0) is 12.5 Å². The van der Waals surface area contributed by atoms with Gasteiger partial charge in [-0.15, -0.1) is 23.5 Å². The standard InChI is InChI=1S/C4H9OS2/c1-6-4(3-5)7-2/h4H,3H2,1-2H3. The minimum atomic E-state index is 0.0301. The summed E-state index contributed by atoms with van der Waals surface area (Å²) in [6.07, 6.45) is 3.91. The van der Waals surface area contributed by atoms with Crippen molar-refractivity contribution in [2.24, 2.45) is 0 Å². The third-order valence-corrected chi connectivity index (χ3v) is 3.14. The van der Waals surface area contributed by atoms with E-state index >= 15 is 0 Å². The summed E-state index contributed by atoms with van der Waals surface area (Å²) < 4.78 is 0.264. The van der Waals surface area contributed by atoms with Gasteiger partial charge in [0.2, 0.25) is 0 Å². The van der Waals surface area contributed by atoms with Crippen molar-refractivity contribution in [2.75, 3.05) is 19.1 Å². The predicted molar refractivity (Wildman–Crippen MR) is 36.4 cm³/mol. The summed E-state index contributed by atoms with van der Waals surface area (Å²) in [5.74, 6) is 0. The van der Waals surface area contributed by atoms with E-state index in [1.807, 2.05) is 12.5 Å². The van der Waals surface area contributed by atoms with Gasteiger partial charge < -0.3 is 0 Å². The maximum absolute atomic E-state index is 10.1. The van der Waals surface area contributed by atoms with Crippen LogP contribution in [0.4, 0.5) is 0 Å². The largest absolute Gasteiger partial charge is 0.235 e. The van der Waals surface area contributed by atoms with Gasteiger partial charge in [0.05, 0.1) is 4.58 Å². The van der Waals surface area contributed by atoms with Gasteiger partial charge in [0, 0.05) is 0 Å². The van der Waals surface area contributed by atoms with Crippen molar-refractivity contribution in [1.82, 2.24) is 0 Å². The minimum Gasteiger partial charge on any atom is -0.235 e. The molecule has 0 atom stereocenters. The lowest BCUT2D eigenvalue weighted by Gasteiger charge is -2.02. The molecule has 0 amide bonds. The van der Waals surface area contributed by atoms with E-state index in [1.54, 1.807) is 23.5 Å². The molecule has 0 aromatic heterocycles. The van der Waals surface area contributed by atoms with E-state index in [9.17, 15) is 5.11 Å². The monoisotopic (exact) mass is 137 g/mol. The highest BCUT2D eigenvalue weighted by Crippen LogP contribution is 2.16. The van der Waals surface area contributed by atoms with Crippen LogP contribution in [0.1, 0.15) is 0 Å². The number of thioether (sulfide) groups is 2. The second kappa shape index (κ2) is 4.81. The smallest absolute Gasteiger partial charge is 0.103 e. The van der Waals surface area contributed by atoms with Crippen molar-refractivity contribution in [3.63, 3.8) is 0 Å². The van der Waals surface area contributed by atoms with Gasteiger partial charge >= 0.3 is 0 Å². The molecule has 0 spiro atoms. The minimum absolute atomic E-state index is 0.0301. The highest BCUT2D eigenvalue weighted by molar-refractivity contribution is 8.16. The van der Waals surface area contributed by atoms with Crippen LogP contribution in [0.2, 0.25) is 0 Å². The molecule has 0 heterocycles. The molecule has 0 aromatic rings. The average Bonchev–Trinajstić information content (AvgIpc) is 1.72. The normalized spacial score (nSPS) is 10.3. The first-order chi connectivity index (χ1) is 3.35. The SMILES string of the molecule is CSC(C[O])SC. The Balaban J connectivity index is 2.99. The predicted octanol–water partition coefficient (Wildman–Crippen LogP) is 1.47. The third-order valence-electron chi connectivity index (χ3n) is 0.662. The molecule has 0 N–H and O–H groups in total. The first-order valence-corrected chi connectivity index (χ1v) is 4.56. The van der Waals surface area contributed by atoms with Crippen molar-refractivity contribution >= 4 is 23.5 Å². The Kier molecular flexibility index (Phi) is 5.26. The summed E-state index contributed by atoms with van der Waals surface area (Å²) in [7, 11) is 0. The van der Waals surface area contributed by atoms with Crippen LogP contribution in [0.15, 0.2) is 0 Å². The van der Waals surface area contributed by atoms with E-state index in [-0.39, 0.29) is 11.2 Å². The van der Waals surface area contributed by atoms with E-state index in [0.717, 1.165) is 0 Å². The third kappa shape index (κ3) is 3.26. The Morgan fingerprint density at radius 1 is 1.43 bits per heavy atom. The van der Waals surface area contributed by atoms with E-state index < -0.39 is 0 Å². The lowest BCUT2D eigenvalue weighted by Crippen LogP contribution is -1.98. The topological polar surface area (TPSA) is 19.9 Å². The van der Waals surface area contributed by atoms with Gasteiger partial charge in [-0.1, -0.05) is 0 Å². The molecule has 43 valence electrons. The van der Waals surface area contributed by atoms with Crippen LogP contribution in [0.25, 0.3) is 0 Å². The van der Waals surface area contributed by atoms with Gasteiger partial charge in [0.15, 0.2) is 0 Å². The molecular weight excluding hydrogens is 128 g/mol. The van der Waals surface area contributed by atoms with E-state index in [4.69, 9.17) is 0 Å². The molecule has 0 unspecified atom stereocenters. The Hall–Kier alpha value is 0.660.